The van der Waals surface area contributed by atoms with Crippen molar-refractivity contribution >= 4 is 43.8 Å². The predicted molar refractivity (Wildman–Crippen MR) is 92.0 cm³/mol. The average molecular weight is 453 g/mol. The van der Waals surface area contributed by atoms with Gasteiger partial charge in [-0.05, 0) is 70.3 Å². The van der Waals surface area contributed by atoms with Crippen LogP contribution in [0.5, 0.6) is 5.75 Å². The summed E-state index contributed by atoms with van der Waals surface area (Å²) in [6.45, 7) is 5.03. The van der Waals surface area contributed by atoms with E-state index in [4.69, 9.17) is 10.5 Å². The van der Waals surface area contributed by atoms with Crippen molar-refractivity contribution in [2.45, 2.75) is 38.3 Å². The van der Waals surface area contributed by atoms with Crippen LogP contribution in [0.2, 0.25) is 0 Å². The Hall–Kier alpha value is -1.12. The Bertz CT molecular complexity index is 604. The minimum Gasteiger partial charge on any atom is -0.506 e. The molecule has 0 aliphatic carbocycles. The Morgan fingerprint density at radius 2 is 1.65 bits per heavy atom. The number of rotatable bonds is 4. The molecule has 0 radical (unpaired) electrons. The molecule has 0 aliphatic heterocycles. The summed E-state index contributed by atoms with van der Waals surface area (Å²) < 4.78 is 10.7. The van der Waals surface area contributed by atoms with Crippen LogP contribution in [0.25, 0.3) is 0 Å². The molecule has 0 amide bonds. The zero-order valence-corrected chi connectivity index (χ0v) is 16.4. The molecular weight excluding hydrogens is 434 g/mol. The molecule has 1 aromatic rings. The van der Waals surface area contributed by atoms with Crippen LogP contribution in [0, 0.1) is 0 Å². The summed E-state index contributed by atoms with van der Waals surface area (Å²) in [5, 5.41) is 9.74. The summed E-state index contributed by atoms with van der Waals surface area (Å²) in [5.41, 5.74) is 3.78. The van der Waals surface area contributed by atoms with Gasteiger partial charge in [0, 0.05) is 6.42 Å². The number of esters is 2. The van der Waals surface area contributed by atoms with Gasteiger partial charge in [0.15, 0.2) is 0 Å². The van der Waals surface area contributed by atoms with Gasteiger partial charge in [0.1, 0.15) is 11.4 Å². The van der Waals surface area contributed by atoms with Crippen LogP contribution in [0.15, 0.2) is 21.1 Å². The largest absolute Gasteiger partial charge is 0.506 e. The summed E-state index contributed by atoms with van der Waals surface area (Å²) in [6.07, 6.45) is -0.147. The fourth-order valence-corrected chi connectivity index (χ4v) is 3.10. The van der Waals surface area contributed by atoms with Crippen LogP contribution in [0.1, 0.15) is 26.3 Å². The van der Waals surface area contributed by atoms with Crippen LogP contribution < -0.4 is 5.73 Å². The van der Waals surface area contributed by atoms with Gasteiger partial charge in [-0.25, -0.2) is 9.59 Å². The molecule has 0 fully saturated rings. The van der Waals surface area contributed by atoms with Crippen LogP contribution in [0.4, 0.5) is 0 Å². The molecule has 0 saturated carbocycles. The number of benzene rings is 1. The summed E-state index contributed by atoms with van der Waals surface area (Å²) in [5.74, 6) is -1.77. The van der Waals surface area contributed by atoms with Crippen molar-refractivity contribution in [1.29, 1.82) is 0 Å². The highest BCUT2D eigenvalue weighted by molar-refractivity contribution is 9.11. The van der Waals surface area contributed by atoms with E-state index in [9.17, 15) is 14.7 Å². The summed E-state index contributed by atoms with van der Waals surface area (Å²) in [4.78, 5) is 24.5. The standard InChI is InChI=1S/C15H19Br2NO5/c1-14(2,3)23-13(21)15(18,12(20)22-4)7-8-5-9(16)11(19)10(17)6-8/h5-6,19H,7,18H2,1-4H3. The van der Waals surface area contributed by atoms with Crippen molar-refractivity contribution in [3.8, 4) is 5.75 Å². The Labute approximate surface area is 151 Å². The molecule has 23 heavy (non-hydrogen) atoms. The van der Waals surface area contributed by atoms with Crippen molar-refractivity contribution in [3.05, 3.63) is 26.6 Å². The number of aromatic hydroxyl groups is 1. The van der Waals surface area contributed by atoms with Crippen molar-refractivity contribution < 1.29 is 24.2 Å². The number of carbonyl (C=O) groups is 2. The fourth-order valence-electron chi connectivity index (χ4n) is 1.82. The second kappa shape index (κ2) is 7.19. The molecule has 0 aliphatic rings. The number of halogens is 2. The third-order valence-electron chi connectivity index (χ3n) is 2.87. The molecule has 1 rings (SSSR count). The number of ether oxygens (including phenoxy) is 2. The zero-order valence-electron chi connectivity index (χ0n) is 13.3. The van der Waals surface area contributed by atoms with Crippen LogP contribution >= 0.6 is 31.9 Å². The second-order valence-electron chi connectivity index (χ2n) is 6.05. The number of phenolic OH excluding ortho intramolecular Hbond substituents is 1. The quantitative estimate of drug-likeness (QED) is 0.538. The maximum absolute atomic E-state index is 12.4. The number of nitrogens with two attached hydrogens (primary N) is 1. The highest BCUT2D eigenvalue weighted by Gasteiger charge is 2.46. The Balaban J connectivity index is 3.22. The first-order chi connectivity index (χ1) is 10.4. The van der Waals surface area contributed by atoms with E-state index in [1.54, 1.807) is 32.9 Å². The number of methoxy groups -OCH3 is 1. The molecule has 1 unspecified atom stereocenters. The minimum atomic E-state index is -1.99. The van der Waals surface area contributed by atoms with Gasteiger partial charge in [-0.1, -0.05) is 0 Å². The molecule has 1 atom stereocenters. The molecule has 6 nitrogen and oxygen atoms in total. The van der Waals surface area contributed by atoms with Gasteiger partial charge >= 0.3 is 11.9 Å². The molecule has 3 N–H and O–H groups in total. The lowest BCUT2D eigenvalue weighted by molar-refractivity contribution is -0.170. The van der Waals surface area contributed by atoms with Crippen LogP contribution in [-0.2, 0) is 25.5 Å². The molecule has 0 aromatic heterocycles. The number of hydrogen-bond donors (Lipinski definition) is 2. The zero-order chi connectivity index (χ0) is 18.0. The van der Waals surface area contributed by atoms with E-state index >= 15 is 0 Å². The lowest BCUT2D eigenvalue weighted by Gasteiger charge is -2.29. The fraction of sp³-hybridized carbons (Fsp3) is 0.467. The predicted octanol–water partition coefficient (Wildman–Crippen LogP) is 2.67. The van der Waals surface area contributed by atoms with Crippen molar-refractivity contribution in [1.82, 2.24) is 0 Å². The van der Waals surface area contributed by atoms with Gasteiger partial charge in [0.25, 0.3) is 0 Å². The van der Waals surface area contributed by atoms with E-state index in [1.807, 2.05) is 0 Å². The molecule has 0 heterocycles. The highest BCUT2D eigenvalue weighted by Crippen LogP contribution is 2.34. The smallest absolute Gasteiger partial charge is 0.338 e. The van der Waals surface area contributed by atoms with E-state index in [2.05, 4.69) is 36.6 Å². The van der Waals surface area contributed by atoms with E-state index in [0.29, 0.717) is 14.5 Å². The van der Waals surface area contributed by atoms with E-state index in [0.717, 1.165) is 7.11 Å². The highest BCUT2D eigenvalue weighted by atomic mass is 79.9. The topological polar surface area (TPSA) is 98.9 Å². The first-order valence-corrected chi connectivity index (χ1v) is 8.27. The molecular formula is C15H19Br2NO5. The molecule has 1 aromatic carbocycles. The minimum absolute atomic E-state index is 0.00621. The summed E-state index contributed by atoms with van der Waals surface area (Å²) in [6, 6.07) is 3.13. The molecule has 0 saturated heterocycles. The first-order valence-electron chi connectivity index (χ1n) is 6.68. The third-order valence-corrected chi connectivity index (χ3v) is 4.08. The normalized spacial score (nSPS) is 14.0. The Kier molecular flexibility index (Phi) is 6.23. The van der Waals surface area contributed by atoms with Crippen molar-refractivity contribution in [2.75, 3.05) is 7.11 Å². The molecule has 8 heteroatoms. The second-order valence-corrected chi connectivity index (χ2v) is 7.76. The number of phenols is 1. The average Bonchev–Trinajstić information content (AvgIpc) is 2.41. The van der Waals surface area contributed by atoms with E-state index in [1.165, 1.54) is 0 Å². The Morgan fingerprint density at radius 3 is 2.04 bits per heavy atom. The lowest BCUT2D eigenvalue weighted by atomic mass is 9.91. The maximum atomic E-state index is 12.4. The molecule has 0 bridgehead atoms. The maximum Gasteiger partial charge on any atom is 0.338 e. The monoisotopic (exact) mass is 451 g/mol. The molecule has 128 valence electrons. The van der Waals surface area contributed by atoms with Gasteiger partial charge in [0.2, 0.25) is 5.54 Å². The van der Waals surface area contributed by atoms with Gasteiger partial charge in [-0.15, -0.1) is 0 Å². The van der Waals surface area contributed by atoms with E-state index < -0.39 is 23.1 Å². The summed E-state index contributed by atoms with van der Waals surface area (Å²) >= 11 is 6.38. The number of carbonyl (C=O) groups excluding carboxylic acids is 2. The molecule has 0 spiro atoms. The van der Waals surface area contributed by atoms with Gasteiger partial charge in [-0.2, -0.15) is 0 Å². The first kappa shape index (κ1) is 19.9. The third kappa shape index (κ3) is 4.92. The van der Waals surface area contributed by atoms with Gasteiger partial charge < -0.3 is 20.3 Å². The van der Waals surface area contributed by atoms with Crippen molar-refractivity contribution in [2.24, 2.45) is 5.73 Å². The van der Waals surface area contributed by atoms with Crippen LogP contribution in [-0.4, -0.2) is 35.3 Å². The van der Waals surface area contributed by atoms with Gasteiger partial charge in [0.05, 0.1) is 16.1 Å². The van der Waals surface area contributed by atoms with E-state index in [-0.39, 0.29) is 12.2 Å². The van der Waals surface area contributed by atoms with Crippen molar-refractivity contribution in [3.63, 3.8) is 0 Å². The lowest BCUT2D eigenvalue weighted by Crippen LogP contribution is -2.59. The van der Waals surface area contributed by atoms with Gasteiger partial charge in [-0.3, -0.25) is 0 Å². The van der Waals surface area contributed by atoms with Crippen LogP contribution in [0.3, 0.4) is 0 Å². The summed E-state index contributed by atoms with van der Waals surface area (Å²) in [7, 11) is 1.15. The SMILES string of the molecule is COC(=O)C(N)(Cc1cc(Br)c(O)c(Br)c1)C(=O)OC(C)(C)C. The number of hydrogen-bond acceptors (Lipinski definition) is 6. The Morgan fingerprint density at radius 1 is 1.17 bits per heavy atom.